The topological polar surface area (TPSA) is 0 Å². The van der Waals surface area contributed by atoms with E-state index in [1.807, 2.05) is 11.8 Å². The Labute approximate surface area is 90.3 Å². The summed E-state index contributed by atoms with van der Waals surface area (Å²) in [6.07, 6.45) is 0. The summed E-state index contributed by atoms with van der Waals surface area (Å²) in [5.74, 6) is 2.19. The second kappa shape index (κ2) is 4.72. The Bertz CT molecular complexity index is 470. The summed E-state index contributed by atoms with van der Waals surface area (Å²) in [5, 5.41) is 0. The Morgan fingerprint density at radius 2 is 0.875 bits per heavy atom. The molecule has 0 bridgehead atoms. The van der Waals surface area contributed by atoms with Crippen molar-refractivity contribution in [3.05, 3.63) is 34.4 Å². The molecule has 0 N–H and O–H groups in total. The van der Waals surface area contributed by atoms with E-state index in [4.69, 9.17) is 0 Å². The normalized spacial score (nSPS) is 8.88. The molecule has 0 aliphatic rings. The molecule has 0 saturated carbocycles. The molecule has 0 radical (unpaired) electrons. The highest BCUT2D eigenvalue weighted by molar-refractivity contribution is 5.46. The third-order valence-corrected chi connectivity index (χ3v) is 1.76. The van der Waals surface area contributed by atoms with Crippen LogP contribution in [0.25, 0.3) is 0 Å². The molecular weight excluding hydrogens is 220 g/mol. The van der Waals surface area contributed by atoms with Crippen molar-refractivity contribution in [1.82, 2.24) is 0 Å². The standard InChI is InChI=1S/C12H6F4/c1-3-5-7-9(13)11(15)8(6-4-2)12(16)10(7)14/h1-2H3. The average molecular weight is 226 g/mol. The summed E-state index contributed by atoms with van der Waals surface area (Å²) in [6.45, 7) is 2.60. The van der Waals surface area contributed by atoms with Gasteiger partial charge in [0.15, 0.2) is 23.3 Å². The van der Waals surface area contributed by atoms with E-state index in [0.29, 0.717) is 0 Å². The predicted molar refractivity (Wildman–Crippen MR) is 51.4 cm³/mol. The maximum atomic E-state index is 13.3. The molecule has 82 valence electrons. The molecule has 1 rings (SSSR count). The van der Waals surface area contributed by atoms with Crippen molar-refractivity contribution in [2.24, 2.45) is 0 Å². The molecule has 0 saturated heterocycles. The van der Waals surface area contributed by atoms with Crippen LogP contribution in [0.2, 0.25) is 0 Å². The fourth-order valence-electron chi connectivity index (χ4n) is 1.10. The molecule has 0 amide bonds. The van der Waals surface area contributed by atoms with Gasteiger partial charge in [-0.1, -0.05) is 11.8 Å². The van der Waals surface area contributed by atoms with E-state index in [1.165, 1.54) is 13.8 Å². The van der Waals surface area contributed by atoms with Gasteiger partial charge in [-0.3, -0.25) is 0 Å². The van der Waals surface area contributed by atoms with Gasteiger partial charge in [0.1, 0.15) is 11.1 Å². The van der Waals surface area contributed by atoms with Crippen LogP contribution in [0.1, 0.15) is 25.0 Å². The first kappa shape index (κ1) is 12.1. The zero-order valence-corrected chi connectivity index (χ0v) is 8.51. The minimum atomic E-state index is -1.52. The van der Waals surface area contributed by atoms with Gasteiger partial charge < -0.3 is 0 Å². The Morgan fingerprint density at radius 1 is 0.625 bits per heavy atom. The lowest BCUT2D eigenvalue weighted by Gasteiger charge is -2.03. The molecule has 0 atom stereocenters. The number of rotatable bonds is 0. The van der Waals surface area contributed by atoms with E-state index in [2.05, 4.69) is 11.8 Å². The summed E-state index contributed by atoms with van der Waals surface area (Å²) in [6, 6.07) is 0. The van der Waals surface area contributed by atoms with Gasteiger partial charge in [-0.2, -0.15) is 0 Å². The first-order chi connectivity index (χ1) is 7.54. The first-order valence-electron chi connectivity index (χ1n) is 4.26. The number of hydrogen-bond donors (Lipinski definition) is 0. The Balaban J connectivity index is 3.71. The summed E-state index contributed by atoms with van der Waals surface area (Å²) >= 11 is 0. The monoisotopic (exact) mass is 226 g/mol. The van der Waals surface area contributed by atoms with Crippen LogP contribution < -0.4 is 0 Å². The molecule has 0 aliphatic heterocycles. The molecule has 0 unspecified atom stereocenters. The molecule has 0 aliphatic carbocycles. The van der Waals surface area contributed by atoms with Crippen LogP contribution in [0, 0.1) is 47.0 Å². The van der Waals surface area contributed by atoms with Crippen molar-refractivity contribution in [2.75, 3.05) is 0 Å². The smallest absolute Gasteiger partial charge is 0.178 e. The summed E-state index contributed by atoms with van der Waals surface area (Å²) in [5.41, 5.74) is -1.83. The third-order valence-electron chi connectivity index (χ3n) is 1.76. The maximum Gasteiger partial charge on any atom is 0.178 e. The second-order valence-electron chi connectivity index (χ2n) is 2.76. The quantitative estimate of drug-likeness (QED) is 0.362. The lowest BCUT2D eigenvalue weighted by molar-refractivity contribution is 0.447. The Hall–Kier alpha value is -1.94. The highest BCUT2D eigenvalue weighted by atomic mass is 19.2. The van der Waals surface area contributed by atoms with E-state index >= 15 is 0 Å². The van der Waals surface area contributed by atoms with Crippen molar-refractivity contribution in [3.63, 3.8) is 0 Å². The van der Waals surface area contributed by atoms with Crippen LogP contribution >= 0.6 is 0 Å². The van der Waals surface area contributed by atoms with E-state index in [1.54, 1.807) is 0 Å². The molecule has 0 fully saturated rings. The predicted octanol–water partition coefficient (Wildman–Crippen LogP) is 2.99. The number of halogens is 4. The van der Waals surface area contributed by atoms with E-state index in [9.17, 15) is 17.6 Å². The Kier molecular flexibility index (Phi) is 3.58. The van der Waals surface area contributed by atoms with Crippen LogP contribution in [0.5, 0.6) is 0 Å². The SMILES string of the molecule is CC#Cc1c(F)c(F)c(C#CC)c(F)c1F. The van der Waals surface area contributed by atoms with Gasteiger partial charge in [-0.25, -0.2) is 17.6 Å². The lowest BCUT2D eigenvalue weighted by Crippen LogP contribution is -2.04. The second-order valence-corrected chi connectivity index (χ2v) is 2.76. The van der Waals surface area contributed by atoms with Gasteiger partial charge in [0.25, 0.3) is 0 Å². The zero-order valence-electron chi connectivity index (χ0n) is 8.51. The molecule has 0 aromatic heterocycles. The maximum absolute atomic E-state index is 13.3. The summed E-state index contributed by atoms with van der Waals surface area (Å²) in [4.78, 5) is 0. The van der Waals surface area contributed by atoms with Gasteiger partial charge in [-0.05, 0) is 13.8 Å². The molecule has 16 heavy (non-hydrogen) atoms. The van der Waals surface area contributed by atoms with Crippen LogP contribution in [0.3, 0.4) is 0 Å². The van der Waals surface area contributed by atoms with Crippen molar-refractivity contribution in [2.45, 2.75) is 13.8 Å². The number of benzene rings is 1. The van der Waals surface area contributed by atoms with Crippen molar-refractivity contribution in [3.8, 4) is 23.7 Å². The third kappa shape index (κ3) is 1.87. The fourth-order valence-corrected chi connectivity index (χ4v) is 1.10. The van der Waals surface area contributed by atoms with Gasteiger partial charge in [0.2, 0.25) is 0 Å². The minimum Gasteiger partial charge on any atom is -0.202 e. The van der Waals surface area contributed by atoms with E-state index in [0.717, 1.165) is 0 Å². The lowest BCUT2D eigenvalue weighted by atomic mass is 10.1. The molecule has 0 heterocycles. The molecule has 1 aromatic rings. The number of hydrogen-bond acceptors (Lipinski definition) is 0. The minimum absolute atomic E-state index is 0.917. The highest BCUT2D eigenvalue weighted by Gasteiger charge is 2.23. The Morgan fingerprint density at radius 3 is 1.06 bits per heavy atom. The van der Waals surface area contributed by atoms with Crippen molar-refractivity contribution >= 4 is 0 Å². The molecular formula is C12H6F4. The van der Waals surface area contributed by atoms with Gasteiger partial charge >= 0.3 is 0 Å². The van der Waals surface area contributed by atoms with E-state index < -0.39 is 34.4 Å². The van der Waals surface area contributed by atoms with E-state index in [-0.39, 0.29) is 0 Å². The van der Waals surface area contributed by atoms with Crippen LogP contribution in [-0.4, -0.2) is 0 Å². The largest absolute Gasteiger partial charge is 0.202 e. The van der Waals surface area contributed by atoms with Crippen LogP contribution in [-0.2, 0) is 0 Å². The van der Waals surface area contributed by atoms with Crippen LogP contribution in [0.15, 0.2) is 0 Å². The fraction of sp³-hybridized carbons (Fsp3) is 0.167. The summed E-state index contributed by atoms with van der Waals surface area (Å²) in [7, 11) is 0. The molecule has 0 spiro atoms. The first-order valence-corrected chi connectivity index (χ1v) is 4.26. The van der Waals surface area contributed by atoms with Crippen LogP contribution in [0.4, 0.5) is 17.6 Å². The van der Waals surface area contributed by atoms with Gasteiger partial charge in [-0.15, -0.1) is 11.8 Å². The molecule has 0 nitrogen and oxygen atoms in total. The molecule has 1 aromatic carbocycles. The van der Waals surface area contributed by atoms with Gasteiger partial charge in [0, 0.05) is 0 Å². The zero-order chi connectivity index (χ0) is 12.3. The van der Waals surface area contributed by atoms with Crippen molar-refractivity contribution in [1.29, 1.82) is 0 Å². The average Bonchev–Trinajstić information content (AvgIpc) is 2.28. The highest BCUT2D eigenvalue weighted by Crippen LogP contribution is 2.22. The van der Waals surface area contributed by atoms with Gasteiger partial charge in [0.05, 0.1) is 0 Å². The summed E-state index contributed by atoms with van der Waals surface area (Å²) < 4.78 is 53.0. The van der Waals surface area contributed by atoms with Crippen molar-refractivity contribution < 1.29 is 17.6 Å². The molecule has 4 heteroatoms.